The number of nitrogens with one attached hydrogen (secondary N) is 2. The third kappa shape index (κ3) is 2.21. The van der Waals surface area contributed by atoms with Crippen molar-refractivity contribution in [3.8, 4) is 0 Å². The Morgan fingerprint density at radius 3 is 3.12 bits per heavy atom. The van der Waals surface area contributed by atoms with Crippen LogP contribution in [0.2, 0.25) is 0 Å². The number of aryl methyl sites for hydroxylation is 1. The summed E-state index contributed by atoms with van der Waals surface area (Å²) in [5.41, 5.74) is 2.68. The van der Waals surface area contributed by atoms with Crippen molar-refractivity contribution in [2.24, 2.45) is 0 Å². The first-order chi connectivity index (χ1) is 8.13. The van der Waals surface area contributed by atoms with E-state index in [0.29, 0.717) is 11.3 Å². The van der Waals surface area contributed by atoms with E-state index in [4.69, 9.17) is 12.2 Å². The summed E-state index contributed by atoms with van der Waals surface area (Å²) in [5, 5.41) is 2.74. The predicted molar refractivity (Wildman–Crippen MR) is 68.3 cm³/mol. The molecule has 6 heteroatoms. The van der Waals surface area contributed by atoms with Crippen molar-refractivity contribution >= 4 is 29.3 Å². The van der Waals surface area contributed by atoms with Gasteiger partial charge in [0.25, 0.3) is 0 Å². The van der Waals surface area contributed by atoms with E-state index >= 15 is 0 Å². The molecule has 0 fully saturated rings. The van der Waals surface area contributed by atoms with Gasteiger partial charge in [0.05, 0.1) is 5.52 Å². The fraction of sp³-hybridized carbons (Fsp3) is 0.364. The zero-order valence-corrected chi connectivity index (χ0v) is 10.6. The third-order valence-electron chi connectivity index (χ3n) is 2.55. The third-order valence-corrected chi connectivity index (χ3v) is 2.87. The second kappa shape index (κ2) is 4.67. The number of fused-ring (bicyclic) bond motifs is 1. The number of nitrogens with zero attached hydrogens (tertiary/aromatic N) is 2. The summed E-state index contributed by atoms with van der Waals surface area (Å²) in [7, 11) is 0. The zero-order chi connectivity index (χ0) is 12.4. The van der Waals surface area contributed by atoms with Crippen LogP contribution in [0.25, 0.3) is 11.2 Å². The number of hydrogen-bond donors (Lipinski definition) is 2. The number of pyridine rings is 1. The van der Waals surface area contributed by atoms with Crippen molar-refractivity contribution in [1.29, 1.82) is 0 Å². The number of likely N-dealkylation sites (N-methyl/N-ethyl adjacent to an activating group) is 1. The lowest BCUT2D eigenvalue weighted by atomic mass is 10.3. The number of amides is 1. The van der Waals surface area contributed by atoms with Crippen LogP contribution in [0.5, 0.6) is 0 Å². The average molecular weight is 250 g/mol. The molecule has 0 unspecified atom stereocenters. The smallest absolute Gasteiger partial charge is 0.240 e. The van der Waals surface area contributed by atoms with Gasteiger partial charge in [0, 0.05) is 12.7 Å². The van der Waals surface area contributed by atoms with Gasteiger partial charge in [-0.05, 0) is 37.7 Å². The van der Waals surface area contributed by atoms with E-state index in [1.54, 1.807) is 10.8 Å². The average Bonchev–Trinajstić information content (AvgIpc) is 2.58. The number of hydrogen-bond acceptors (Lipinski definition) is 3. The molecule has 0 aliphatic heterocycles. The van der Waals surface area contributed by atoms with E-state index in [9.17, 15) is 4.79 Å². The standard InChI is InChI=1S/C11H14N4OS/c1-3-12-8(16)6-15-10-9(14-11(15)17)7(2)4-5-13-10/h4-5H,3,6H2,1-2H3,(H,12,16)(H,14,17). The maximum absolute atomic E-state index is 11.6. The molecule has 0 saturated carbocycles. The van der Waals surface area contributed by atoms with Gasteiger partial charge in [0.2, 0.25) is 5.91 Å². The van der Waals surface area contributed by atoms with Crippen LogP contribution in [0.1, 0.15) is 12.5 Å². The number of rotatable bonds is 3. The van der Waals surface area contributed by atoms with Gasteiger partial charge in [0.1, 0.15) is 6.54 Å². The number of imidazole rings is 1. The minimum atomic E-state index is -0.0622. The van der Waals surface area contributed by atoms with Crippen LogP contribution >= 0.6 is 12.2 Å². The molecule has 0 saturated heterocycles. The largest absolute Gasteiger partial charge is 0.355 e. The number of H-pyrrole nitrogens is 1. The number of carbonyl (C=O) groups excluding carboxylic acids is 1. The summed E-state index contributed by atoms with van der Waals surface area (Å²) in [6.07, 6.45) is 1.72. The second-order valence-electron chi connectivity index (χ2n) is 3.80. The van der Waals surface area contributed by atoms with E-state index in [1.165, 1.54) is 0 Å². The Labute approximate surface area is 104 Å². The number of carbonyl (C=O) groups is 1. The molecule has 2 aromatic heterocycles. The van der Waals surface area contributed by atoms with Crippen LogP contribution in [0.15, 0.2) is 12.3 Å². The fourth-order valence-corrected chi connectivity index (χ4v) is 1.97. The molecule has 0 atom stereocenters. The van der Waals surface area contributed by atoms with Crippen LogP contribution in [-0.4, -0.2) is 27.0 Å². The van der Waals surface area contributed by atoms with Crippen molar-refractivity contribution in [3.63, 3.8) is 0 Å². The second-order valence-corrected chi connectivity index (χ2v) is 4.18. The van der Waals surface area contributed by atoms with Gasteiger partial charge in [-0.25, -0.2) is 4.98 Å². The monoisotopic (exact) mass is 250 g/mol. The van der Waals surface area contributed by atoms with Crippen LogP contribution in [0.4, 0.5) is 0 Å². The molecule has 0 aromatic carbocycles. The maximum Gasteiger partial charge on any atom is 0.240 e. The SMILES string of the molecule is CCNC(=O)Cn1c(=S)[nH]c2c(C)ccnc21. The summed E-state index contributed by atoms with van der Waals surface area (Å²) in [6, 6.07) is 1.91. The molecule has 0 aliphatic rings. The minimum Gasteiger partial charge on any atom is -0.355 e. The highest BCUT2D eigenvalue weighted by molar-refractivity contribution is 7.71. The molecule has 2 heterocycles. The Morgan fingerprint density at radius 2 is 2.41 bits per heavy atom. The molecular formula is C11H14N4OS. The van der Waals surface area contributed by atoms with Gasteiger partial charge in [-0.1, -0.05) is 0 Å². The number of aromatic amines is 1. The lowest BCUT2D eigenvalue weighted by molar-refractivity contribution is -0.121. The van der Waals surface area contributed by atoms with Crippen molar-refractivity contribution in [1.82, 2.24) is 19.9 Å². The van der Waals surface area contributed by atoms with Gasteiger partial charge in [-0.2, -0.15) is 0 Å². The Bertz CT molecular complexity index is 613. The van der Waals surface area contributed by atoms with Gasteiger partial charge in [0.15, 0.2) is 10.4 Å². The summed E-state index contributed by atoms with van der Waals surface area (Å²) in [6.45, 7) is 4.67. The van der Waals surface area contributed by atoms with E-state index in [1.807, 2.05) is 19.9 Å². The van der Waals surface area contributed by atoms with E-state index in [0.717, 1.165) is 16.7 Å². The normalized spacial score (nSPS) is 10.7. The van der Waals surface area contributed by atoms with Crippen LogP contribution in [-0.2, 0) is 11.3 Å². The van der Waals surface area contributed by atoms with Crippen LogP contribution in [0, 0.1) is 11.7 Å². The van der Waals surface area contributed by atoms with Crippen molar-refractivity contribution in [2.45, 2.75) is 20.4 Å². The highest BCUT2D eigenvalue weighted by Gasteiger charge is 2.10. The quantitative estimate of drug-likeness (QED) is 0.812. The molecule has 2 N–H and O–H groups in total. The Morgan fingerprint density at radius 1 is 1.65 bits per heavy atom. The topological polar surface area (TPSA) is 62.7 Å². The van der Waals surface area contributed by atoms with E-state index in [-0.39, 0.29) is 12.5 Å². The Balaban J connectivity index is 2.47. The molecular weight excluding hydrogens is 236 g/mol. The van der Waals surface area contributed by atoms with Crippen molar-refractivity contribution < 1.29 is 4.79 Å². The first-order valence-electron chi connectivity index (χ1n) is 5.44. The first kappa shape index (κ1) is 11.8. The molecule has 17 heavy (non-hydrogen) atoms. The van der Waals surface area contributed by atoms with Gasteiger partial charge < -0.3 is 10.3 Å². The van der Waals surface area contributed by atoms with Gasteiger partial charge >= 0.3 is 0 Å². The molecule has 0 bridgehead atoms. The first-order valence-corrected chi connectivity index (χ1v) is 5.85. The molecule has 1 amide bonds. The molecule has 0 aliphatic carbocycles. The van der Waals surface area contributed by atoms with E-state index in [2.05, 4.69) is 15.3 Å². The van der Waals surface area contributed by atoms with Crippen molar-refractivity contribution in [2.75, 3.05) is 6.54 Å². The predicted octanol–water partition coefficient (Wildman–Crippen LogP) is 1.54. The van der Waals surface area contributed by atoms with Gasteiger partial charge in [-0.3, -0.25) is 9.36 Å². The Hall–Kier alpha value is -1.69. The molecule has 5 nitrogen and oxygen atoms in total. The maximum atomic E-state index is 11.6. The zero-order valence-electron chi connectivity index (χ0n) is 9.78. The summed E-state index contributed by atoms with van der Waals surface area (Å²) >= 11 is 5.20. The lowest BCUT2D eigenvalue weighted by Gasteiger charge is -2.04. The minimum absolute atomic E-state index is 0.0622. The molecule has 90 valence electrons. The number of aromatic nitrogens is 3. The molecule has 0 spiro atoms. The fourth-order valence-electron chi connectivity index (χ4n) is 1.72. The summed E-state index contributed by atoms with van der Waals surface area (Å²) in [4.78, 5) is 18.9. The highest BCUT2D eigenvalue weighted by Crippen LogP contribution is 2.14. The Kier molecular flexibility index (Phi) is 3.23. The van der Waals surface area contributed by atoms with E-state index < -0.39 is 0 Å². The van der Waals surface area contributed by atoms with Gasteiger partial charge in [-0.15, -0.1) is 0 Å². The summed E-state index contributed by atoms with van der Waals surface area (Å²) < 4.78 is 2.23. The molecule has 2 aromatic rings. The van der Waals surface area contributed by atoms with Crippen LogP contribution < -0.4 is 5.32 Å². The molecule has 2 rings (SSSR count). The lowest BCUT2D eigenvalue weighted by Crippen LogP contribution is -2.27. The highest BCUT2D eigenvalue weighted by atomic mass is 32.1. The molecule has 0 radical (unpaired) electrons. The van der Waals surface area contributed by atoms with Crippen LogP contribution in [0.3, 0.4) is 0 Å². The van der Waals surface area contributed by atoms with Crippen molar-refractivity contribution in [3.05, 3.63) is 22.6 Å². The summed E-state index contributed by atoms with van der Waals surface area (Å²) in [5.74, 6) is -0.0622.